The molecular weight excluding hydrogens is 644 g/mol. The Morgan fingerprint density at radius 2 is 1.75 bits per heavy atom. The molecular formula is C29H22Br2N4O5. The Hall–Kier alpha value is -3.80. The molecule has 0 aliphatic carbocycles. The number of hydrogen-bond acceptors (Lipinski definition) is 7. The molecule has 40 heavy (non-hydrogen) atoms. The van der Waals surface area contributed by atoms with Gasteiger partial charge >= 0.3 is 0 Å². The van der Waals surface area contributed by atoms with Crippen LogP contribution in [-0.2, 0) is 9.53 Å². The summed E-state index contributed by atoms with van der Waals surface area (Å²) in [5.41, 5.74) is 1.59. The van der Waals surface area contributed by atoms with Gasteiger partial charge in [0.2, 0.25) is 5.82 Å². The summed E-state index contributed by atoms with van der Waals surface area (Å²) in [6, 6.07) is 20.2. The molecule has 202 valence electrons. The number of hydrogen-bond donors (Lipinski definition) is 0. The number of ether oxygens (including phenoxy) is 2. The second-order valence-corrected chi connectivity index (χ2v) is 10.8. The molecule has 5 aromatic rings. The SMILES string of the molecule is O=C(COc1c(Br)cc(C=Nn2c(-c3cc4ccccc4o3)nc3ccccc3c2=O)cc1Br)N1CCOCC1. The first-order valence-corrected chi connectivity index (χ1v) is 14.1. The van der Waals surface area contributed by atoms with E-state index in [0.29, 0.717) is 68.8 Å². The van der Waals surface area contributed by atoms with Crippen LogP contribution in [0.5, 0.6) is 5.75 Å². The number of rotatable bonds is 6. The van der Waals surface area contributed by atoms with E-state index in [-0.39, 0.29) is 23.9 Å². The van der Waals surface area contributed by atoms with Crippen LogP contribution in [-0.4, -0.2) is 59.6 Å². The first kappa shape index (κ1) is 26.4. The molecule has 3 heterocycles. The molecule has 1 amide bonds. The Morgan fingerprint density at radius 1 is 1.02 bits per heavy atom. The maximum atomic E-state index is 13.5. The van der Waals surface area contributed by atoms with Crippen molar-refractivity contribution in [1.29, 1.82) is 0 Å². The van der Waals surface area contributed by atoms with Gasteiger partial charge in [-0.15, -0.1) is 0 Å². The zero-order chi connectivity index (χ0) is 27.6. The lowest BCUT2D eigenvalue weighted by molar-refractivity contribution is -0.137. The molecule has 0 radical (unpaired) electrons. The van der Waals surface area contributed by atoms with Gasteiger partial charge < -0.3 is 18.8 Å². The van der Waals surface area contributed by atoms with Crippen molar-refractivity contribution in [2.75, 3.05) is 32.9 Å². The van der Waals surface area contributed by atoms with E-state index >= 15 is 0 Å². The normalized spacial score (nSPS) is 13.9. The number of halogens is 2. The molecule has 0 atom stereocenters. The number of nitrogens with zero attached hydrogens (tertiary/aromatic N) is 4. The Balaban J connectivity index is 1.32. The number of para-hydroxylation sites is 2. The fraction of sp³-hybridized carbons (Fsp3) is 0.172. The highest BCUT2D eigenvalue weighted by Gasteiger charge is 2.19. The molecule has 0 spiro atoms. The van der Waals surface area contributed by atoms with Crippen LogP contribution in [0.3, 0.4) is 0 Å². The lowest BCUT2D eigenvalue weighted by atomic mass is 10.2. The lowest BCUT2D eigenvalue weighted by Gasteiger charge is -2.26. The average Bonchev–Trinajstić information content (AvgIpc) is 3.41. The standard InChI is InChI=1S/C29H22Br2N4O5/c30-21-13-18(14-22(31)27(21)39-17-26(36)34-9-11-38-12-10-34)16-32-35-28(25-15-19-5-1-4-8-24(19)40-25)33-23-7-3-2-6-20(23)29(35)37/h1-8,13-16H,9-12,17H2. The number of morpholine rings is 1. The highest BCUT2D eigenvalue weighted by atomic mass is 79.9. The number of carbonyl (C=O) groups excluding carboxylic acids is 1. The predicted molar refractivity (Wildman–Crippen MR) is 159 cm³/mol. The number of fused-ring (bicyclic) bond motifs is 2. The van der Waals surface area contributed by atoms with Crippen LogP contribution >= 0.6 is 31.9 Å². The van der Waals surface area contributed by atoms with Gasteiger partial charge in [-0.25, -0.2) is 4.98 Å². The summed E-state index contributed by atoms with van der Waals surface area (Å²) in [4.78, 5) is 32.4. The molecule has 1 saturated heterocycles. The average molecular weight is 666 g/mol. The smallest absolute Gasteiger partial charge is 0.282 e. The topological polar surface area (TPSA) is 99.2 Å². The second kappa shape index (κ2) is 11.4. The molecule has 1 aliphatic heterocycles. The molecule has 9 nitrogen and oxygen atoms in total. The molecule has 0 bridgehead atoms. The third-order valence-corrected chi connectivity index (χ3v) is 7.62. The molecule has 0 saturated carbocycles. The molecule has 0 unspecified atom stereocenters. The molecule has 1 aliphatic rings. The van der Waals surface area contributed by atoms with E-state index in [1.807, 2.05) is 36.4 Å². The monoisotopic (exact) mass is 664 g/mol. The largest absolute Gasteiger partial charge is 0.481 e. The highest BCUT2D eigenvalue weighted by Crippen LogP contribution is 2.34. The fourth-order valence-corrected chi connectivity index (χ4v) is 5.89. The summed E-state index contributed by atoms with van der Waals surface area (Å²) in [6.07, 6.45) is 1.56. The first-order valence-electron chi connectivity index (χ1n) is 12.5. The first-order chi connectivity index (χ1) is 19.5. The van der Waals surface area contributed by atoms with Gasteiger partial charge in [-0.3, -0.25) is 9.59 Å². The van der Waals surface area contributed by atoms with Gasteiger partial charge in [0.25, 0.3) is 11.5 Å². The summed E-state index contributed by atoms with van der Waals surface area (Å²) in [5, 5.41) is 5.86. The van der Waals surface area contributed by atoms with Gasteiger partial charge in [-0.1, -0.05) is 30.3 Å². The molecule has 0 N–H and O–H groups in total. The Labute approximate surface area is 245 Å². The van der Waals surface area contributed by atoms with Gasteiger partial charge in [0.15, 0.2) is 12.4 Å². The van der Waals surface area contributed by atoms with Crippen molar-refractivity contribution in [1.82, 2.24) is 14.6 Å². The van der Waals surface area contributed by atoms with Crippen LogP contribution in [0.25, 0.3) is 33.5 Å². The number of amides is 1. The maximum Gasteiger partial charge on any atom is 0.282 e. The van der Waals surface area contributed by atoms with E-state index in [2.05, 4.69) is 37.0 Å². The summed E-state index contributed by atoms with van der Waals surface area (Å²) in [7, 11) is 0. The quantitative estimate of drug-likeness (QED) is 0.224. The van der Waals surface area contributed by atoms with Gasteiger partial charge in [-0.2, -0.15) is 9.78 Å². The van der Waals surface area contributed by atoms with Crippen LogP contribution in [0.1, 0.15) is 5.56 Å². The van der Waals surface area contributed by atoms with E-state index in [1.165, 1.54) is 4.68 Å². The maximum absolute atomic E-state index is 13.5. The van der Waals surface area contributed by atoms with E-state index in [9.17, 15) is 9.59 Å². The van der Waals surface area contributed by atoms with E-state index in [1.54, 1.807) is 41.4 Å². The van der Waals surface area contributed by atoms with Gasteiger partial charge in [0, 0.05) is 18.5 Å². The minimum atomic E-state index is -0.322. The highest BCUT2D eigenvalue weighted by molar-refractivity contribution is 9.11. The zero-order valence-electron chi connectivity index (χ0n) is 21.0. The van der Waals surface area contributed by atoms with Crippen LogP contribution in [0, 0.1) is 0 Å². The molecule has 6 rings (SSSR count). The third kappa shape index (κ3) is 5.32. The van der Waals surface area contributed by atoms with Crippen LogP contribution in [0.4, 0.5) is 0 Å². The van der Waals surface area contributed by atoms with Crippen LogP contribution < -0.4 is 10.3 Å². The van der Waals surface area contributed by atoms with Crippen molar-refractivity contribution >= 4 is 65.9 Å². The molecule has 11 heteroatoms. The van der Waals surface area contributed by atoms with Gasteiger partial charge in [0.05, 0.1) is 39.3 Å². The minimum absolute atomic E-state index is 0.0936. The van der Waals surface area contributed by atoms with E-state index in [4.69, 9.17) is 18.9 Å². The number of aromatic nitrogens is 2. The Morgan fingerprint density at radius 3 is 2.52 bits per heavy atom. The number of carbonyl (C=O) groups is 1. The van der Waals surface area contributed by atoms with Crippen LogP contribution in [0.2, 0.25) is 0 Å². The summed E-state index contributed by atoms with van der Waals surface area (Å²) < 4.78 is 19.6. The van der Waals surface area contributed by atoms with Crippen molar-refractivity contribution in [2.45, 2.75) is 0 Å². The fourth-order valence-electron chi connectivity index (χ4n) is 4.44. The van der Waals surface area contributed by atoms with Crippen molar-refractivity contribution in [3.8, 4) is 17.3 Å². The third-order valence-electron chi connectivity index (χ3n) is 6.45. The second-order valence-electron chi connectivity index (χ2n) is 9.06. The zero-order valence-corrected chi connectivity index (χ0v) is 24.2. The van der Waals surface area contributed by atoms with Gasteiger partial charge in [0.1, 0.15) is 11.3 Å². The Kier molecular flexibility index (Phi) is 7.50. The summed E-state index contributed by atoms with van der Waals surface area (Å²) in [6.45, 7) is 2.07. The molecule has 3 aromatic carbocycles. The number of furan rings is 1. The molecule has 1 fully saturated rings. The van der Waals surface area contributed by atoms with Crippen molar-refractivity contribution in [2.24, 2.45) is 5.10 Å². The molecule has 2 aromatic heterocycles. The van der Waals surface area contributed by atoms with E-state index < -0.39 is 0 Å². The van der Waals surface area contributed by atoms with Crippen molar-refractivity contribution < 1.29 is 18.7 Å². The Bertz CT molecular complexity index is 1770. The summed E-state index contributed by atoms with van der Waals surface area (Å²) >= 11 is 7.06. The minimum Gasteiger partial charge on any atom is -0.481 e. The lowest BCUT2D eigenvalue weighted by Crippen LogP contribution is -2.43. The summed E-state index contributed by atoms with van der Waals surface area (Å²) in [5.74, 6) is 1.11. The predicted octanol–water partition coefficient (Wildman–Crippen LogP) is 5.45. The van der Waals surface area contributed by atoms with Crippen molar-refractivity contribution in [3.63, 3.8) is 0 Å². The van der Waals surface area contributed by atoms with Gasteiger partial charge in [-0.05, 0) is 73.8 Å². The van der Waals surface area contributed by atoms with E-state index in [0.717, 1.165) is 5.39 Å². The van der Waals surface area contributed by atoms with Crippen molar-refractivity contribution in [3.05, 3.63) is 91.6 Å². The van der Waals surface area contributed by atoms with Crippen LogP contribution in [0.15, 0.2) is 90.0 Å². The number of benzene rings is 3.